The summed E-state index contributed by atoms with van der Waals surface area (Å²) in [5.41, 5.74) is 2.00. The van der Waals surface area contributed by atoms with Crippen LogP contribution in [0.1, 0.15) is 0 Å². The number of hydrogen-bond acceptors (Lipinski definition) is 4. The predicted molar refractivity (Wildman–Crippen MR) is 106 cm³/mol. The molecule has 5 N–H and O–H groups in total. The molecule has 0 bridgehead atoms. The van der Waals surface area contributed by atoms with Gasteiger partial charge in [-0.25, -0.2) is 4.99 Å². The monoisotopic (exact) mass is 432 g/mol. The molecule has 0 aliphatic carbocycles. The van der Waals surface area contributed by atoms with E-state index >= 15 is 0 Å². The SMILES string of the molecule is NN=NC(N=NN)=NCNc1cc(Cl)c(-c2ccc(Cl)c(Cl)c2)c(Cl)c1. The molecule has 0 fully saturated rings. The van der Waals surface area contributed by atoms with Gasteiger partial charge in [-0.15, -0.1) is 0 Å². The average Bonchev–Trinajstić information content (AvgIpc) is 2.58. The third-order valence-electron chi connectivity index (χ3n) is 3.05. The molecule has 26 heavy (non-hydrogen) atoms. The summed E-state index contributed by atoms with van der Waals surface area (Å²) in [4.78, 5) is 3.97. The van der Waals surface area contributed by atoms with Crippen molar-refractivity contribution >= 4 is 58.1 Å². The predicted octanol–water partition coefficient (Wildman–Crippen LogP) is 5.34. The van der Waals surface area contributed by atoms with Gasteiger partial charge in [-0.2, -0.15) is 0 Å². The highest BCUT2D eigenvalue weighted by Crippen LogP contribution is 2.39. The Kier molecular flexibility index (Phi) is 7.40. The van der Waals surface area contributed by atoms with Crippen molar-refractivity contribution < 1.29 is 0 Å². The lowest BCUT2D eigenvalue weighted by Crippen LogP contribution is -2.02. The van der Waals surface area contributed by atoms with E-state index in [1.165, 1.54) is 0 Å². The summed E-state index contributed by atoms with van der Waals surface area (Å²) >= 11 is 24.7. The summed E-state index contributed by atoms with van der Waals surface area (Å²) in [5.74, 6) is 9.78. The summed E-state index contributed by atoms with van der Waals surface area (Å²) in [5, 5.41) is 17.7. The Bertz CT molecular complexity index is 844. The van der Waals surface area contributed by atoms with Gasteiger partial charge in [0.05, 0.1) is 20.1 Å². The fraction of sp³-hybridized carbons (Fsp3) is 0.0714. The first-order valence-electron chi connectivity index (χ1n) is 6.91. The molecular weight excluding hydrogens is 422 g/mol. The zero-order chi connectivity index (χ0) is 19.1. The summed E-state index contributed by atoms with van der Waals surface area (Å²) in [6.07, 6.45) is 0. The first-order valence-corrected chi connectivity index (χ1v) is 8.42. The van der Waals surface area contributed by atoms with Crippen LogP contribution < -0.4 is 17.0 Å². The van der Waals surface area contributed by atoms with Gasteiger partial charge in [-0.3, -0.25) is 0 Å². The molecule has 12 heteroatoms. The van der Waals surface area contributed by atoms with E-state index in [1.807, 2.05) is 0 Å². The molecule has 0 spiro atoms. The second-order valence-electron chi connectivity index (χ2n) is 4.67. The van der Waals surface area contributed by atoms with Crippen LogP contribution in [0.2, 0.25) is 20.1 Å². The standard InChI is InChI=1S/C14H12Cl4N8/c15-9-2-1-7(3-10(9)16)13-11(17)4-8(5-12(13)18)21-6-22-14(23-25-19)24-26-20/h1-5,21H,6H2,(H4,19,20,22,23,24). The highest BCUT2D eigenvalue weighted by atomic mass is 35.5. The van der Waals surface area contributed by atoms with Crippen molar-refractivity contribution in [1.29, 1.82) is 0 Å². The van der Waals surface area contributed by atoms with Crippen molar-refractivity contribution in [3.63, 3.8) is 0 Å². The van der Waals surface area contributed by atoms with Crippen LogP contribution in [0.3, 0.4) is 0 Å². The van der Waals surface area contributed by atoms with Gasteiger partial charge in [0.15, 0.2) is 0 Å². The molecule has 0 amide bonds. The van der Waals surface area contributed by atoms with Gasteiger partial charge >= 0.3 is 0 Å². The van der Waals surface area contributed by atoms with Gasteiger partial charge in [0.1, 0.15) is 6.67 Å². The number of nitrogens with two attached hydrogens (primary N) is 2. The van der Waals surface area contributed by atoms with Crippen molar-refractivity contribution in [3.05, 3.63) is 50.4 Å². The van der Waals surface area contributed by atoms with Crippen LogP contribution in [-0.2, 0) is 0 Å². The molecule has 0 saturated carbocycles. The number of aliphatic imine (C=N–C) groups is 1. The summed E-state index contributed by atoms with van der Waals surface area (Å²) < 4.78 is 0. The minimum absolute atomic E-state index is 0.0894. The Balaban J connectivity index is 2.23. The normalized spacial score (nSPS) is 11.2. The Hall–Kier alpha value is -2.13. The van der Waals surface area contributed by atoms with E-state index in [0.717, 1.165) is 5.56 Å². The minimum Gasteiger partial charge on any atom is -0.366 e. The molecule has 2 aromatic rings. The topological polar surface area (TPSA) is 126 Å². The number of anilines is 1. The maximum atomic E-state index is 6.37. The Morgan fingerprint density at radius 1 is 0.846 bits per heavy atom. The van der Waals surface area contributed by atoms with E-state index < -0.39 is 0 Å². The van der Waals surface area contributed by atoms with Crippen molar-refractivity contribution in [3.8, 4) is 11.1 Å². The summed E-state index contributed by atoms with van der Waals surface area (Å²) in [6, 6.07) is 8.52. The van der Waals surface area contributed by atoms with Gasteiger partial charge in [0.25, 0.3) is 5.96 Å². The van der Waals surface area contributed by atoms with Crippen LogP contribution in [0.15, 0.2) is 56.0 Å². The van der Waals surface area contributed by atoms with Crippen molar-refractivity contribution in [2.45, 2.75) is 0 Å². The van der Waals surface area contributed by atoms with Gasteiger partial charge in [0, 0.05) is 11.3 Å². The van der Waals surface area contributed by atoms with Crippen molar-refractivity contribution in [1.82, 2.24) is 0 Å². The molecule has 0 aliphatic heterocycles. The number of halogens is 4. The summed E-state index contributed by atoms with van der Waals surface area (Å²) in [6.45, 7) is 0.0894. The van der Waals surface area contributed by atoms with Gasteiger partial charge < -0.3 is 17.0 Å². The number of hydrogen-bond donors (Lipinski definition) is 3. The molecule has 0 atom stereocenters. The average molecular weight is 434 g/mol. The molecule has 0 saturated heterocycles. The molecule has 0 heterocycles. The van der Waals surface area contributed by atoms with Crippen LogP contribution in [0.4, 0.5) is 5.69 Å². The molecule has 0 radical (unpaired) electrons. The third-order valence-corrected chi connectivity index (χ3v) is 4.38. The Labute approximate surface area is 168 Å². The van der Waals surface area contributed by atoms with E-state index in [4.69, 9.17) is 58.1 Å². The minimum atomic E-state index is -0.0906. The fourth-order valence-electron chi connectivity index (χ4n) is 1.99. The molecular formula is C14H12Cl4N8. The molecule has 0 unspecified atom stereocenters. The van der Waals surface area contributed by atoms with Crippen LogP contribution in [-0.4, -0.2) is 12.6 Å². The second kappa shape index (κ2) is 9.54. The second-order valence-corrected chi connectivity index (χ2v) is 6.30. The maximum absolute atomic E-state index is 6.37. The molecule has 2 aromatic carbocycles. The fourth-order valence-corrected chi connectivity index (χ4v) is 2.99. The van der Waals surface area contributed by atoms with Crippen LogP contribution >= 0.6 is 46.4 Å². The first-order chi connectivity index (χ1) is 12.5. The number of rotatable bonds is 4. The third kappa shape index (κ3) is 5.18. The highest BCUT2D eigenvalue weighted by Gasteiger charge is 2.12. The zero-order valence-corrected chi connectivity index (χ0v) is 16.0. The molecule has 0 aromatic heterocycles. The Morgan fingerprint density at radius 3 is 2.00 bits per heavy atom. The lowest BCUT2D eigenvalue weighted by atomic mass is 10.1. The zero-order valence-electron chi connectivity index (χ0n) is 13.0. The molecule has 0 aliphatic rings. The number of nitrogens with one attached hydrogen (secondary N) is 1. The van der Waals surface area contributed by atoms with Crippen molar-refractivity contribution in [2.75, 3.05) is 12.0 Å². The summed E-state index contributed by atoms with van der Waals surface area (Å²) in [7, 11) is 0. The van der Waals surface area contributed by atoms with Gasteiger partial charge in [0.2, 0.25) is 0 Å². The van der Waals surface area contributed by atoms with E-state index in [1.54, 1.807) is 30.3 Å². The van der Waals surface area contributed by atoms with Gasteiger partial charge in [-0.05, 0) is 29.8 Å². The van der Waals surface area contributed by atoms with Crippen LogP contribution in [0.5, 0.6) is 0 Å². The van der Waals surface area contributed by atoms with E-state index in [-0.39, 0.29) is 12.6 Å². The lowest BCUT2D eigenvalue weighted by Gasteiger charge is -2.12. The molecule has 2 rings (SSSR count). The maximum Gasteiger partial charge on any atom is 0.288 e. The Morgan fingerprint density at radius 2 is 1.46 bits per heavy atom. The molecule has 8 nitrogen and oxygen atoms in total. The van der Waals surface area contributed by atoms with E-state index in [9.17, 15) is 0 Å². The van der Waals surface area contributed by atoms with E-state index in [0.29, 0.717) is 31.3 Å². The highest BCUT2D eigenvalue weighted by molar-refractivity contribution is 6.43. The van der Waals surface area contributed by atoms with Crippen LogP contribution in [0, 0.1) is 0 Å². The number of guanidine groups is 1. The number of nitrogens with zero attached hydrogens (tertiary/aromatic N) is 5. The van der Waals surface area contributed by atoms with Gasteiger partial charge in [-0.1, -0.05) is 73.1 Å². The smallest absolute Gasteiger partial charge is 0.288 e. The van der Waals surface area contributed by atoms with E-state index in [2.05, 4.69) is 31.0 Å². The van der Waals surface area contributed by atoms with Crippen LogP contribution in [0.25, 0.3) is 11.1 Å². The quantitative estimate of drug-likeness (QED) is 0.198. The number of benzene rings is 2. The largest absolute Gasteiger partial charge is 0.366 e. The first kappa shape index (κ1) is 20.2. The lowest BCUT2D eigenvalue weighted by molar-refractivity contribution is 0.999. The van der Waals surface area contributed by atoms with Crippen molar-refractivity contribution in [2.24, 2.45) is 37.4 Å². The molecule has 136 valence electrons.